The van der Waals surface area contributed by atoms with E-state index in [1.54, 1.807) is 70.6 Å². The molecule has 8 fully saturated rings. The molecule has 0 radical (unpaired) electrons. The minimum Gasteiger partial charge on any atom is -0.318 e. The van der Waals surface area contributed by atoms with E-state index in [1.807, 2.05) is 0 Å². The molecule has 0 N–H and O–H groups in total. The summed E-state index contributed by atoms with van der Waals surface area (Å²) in [4.78, 5) is 0. The number of hydrogen-bond donors (Lipinski definition) is 0. The molecule has 7 atom stereocenters. The van der Waals surface area contributed by atoms with Gasteiger partial charge in [-0.1, -0.05) is 58.3 Å². The minimum atomic E-state index is 0.750. The zero-order chi connectivity index (χ0) is 20.4. The first kappa shape index (κ1) is 20.6. The zero-order valence-corrected chi connectivity index (χ0v) is 20.3. The van der Waals surface area contributed by atoms with E-state index in [0.717, 1.165) is 28.8 Å². The second-order valence-electron chi connectivity index (χ2n) is 13.5. The Balaban J connectivity index is 0.912. The smallest absolute Gasteiger partial charge is 0.111 e. The first-order chi connectivity index (χ1) is 14.6. The van der Waals surface area contributed by atoms with Crippen molar-refractivity contribution in [3.8, 4) is 0 Å². The quantitative estimate of drug-likeness (QED) is 0.214. The molecule has 7 unspecified atom stereocenters. The lowest BCUT2D eigenvalue weighted by Gasteiger charge is -2.59. The molecule has 8 aliphatic rings. The molecule has 1 nitrogen and oxygen atoms in total. The zero-order valence-electron chi connectivity index (χ0n) is 20.3. The first-order valence-electron chi connectivity index (χ1n) is 14.5. The Labute approximate surface area is 187 Å². The molecule has 0 spiro atoms. The molecule has 8 bridgehead atoms. The molecule has 0 amide bonds. The first-order valence-corrected chi connectivity index (χ1v) is 14.5. The molecule has 4 saturated heterocycles. The van der Waals surface area contributed by atoms with Crippen molar-refractivity contribution >= 4 is 0 Å². The fraction of sp³-hybridized carbons (Fsp3) is 1.00. The van der Waals surface area contributed by atoms with Crippen LogP contribution in [0.15, 0.2) is 0 Å². The number of hydrogen-bond acceptors (Lipinski definition) is 0. The average molecular weight is 413 g/mol. The predicted molar refractivity (Wildman–Crippen MR) is 126 cm³/mol. The lowest BCUT2D eigenvalue weighted by molar-refractivity contribution is -0.997. The Kier molecular flexibility index (Phi) is 5.14. The van der Waals surface area contributed by atoms with Gasteiger partial charge in [0.2, 0.25) is 0 Å². The van der Waals surface area contributed by atoms with Gasteiger partial charge in [-0.3, -0.25) is 0 Å². The van der Waals surface area contributed by atoms with Gasteiger partial charge in [0.15, 0.2) is 0 Å². The molecular weight excluding hydrogens is 362 g/mol. The maximum absolute atomic E-state index is 2.65. The van der Waals surface area contributed by atoms with E-state index < -0.39 is 0 Å². The van der Waals surface area contributed by atoms with E-state index in [1.165, 1.54) is 73.7 Å². The fourth-order valence-corrected chi connectivity index (χ4v) is 11.4. The van der Waals surface area contributed by atoms with Crippen molar-refractivity contribution in [3.63, 3.8) is 0 Å². The van der Waals surface area contributed by atoms with Gasteiger partial charge in [0, 0.05) is 25.2 Å². The SMILES string of the molecule is CCCCC(CCCCCCCCC12CC3CC1CC3C2)C12CCC3CC1C[N+]32C. The molecule has 1 heteroatoms. The van der Waals surface area contributed by atoms with Crippen LogP contribution in [-0.4, -0.2) is 29.7 Å². The summed E-state index contributed by atoms with van der Waals surface area (Å²) in [5.74, 6) is 5.69. The summed E-state index contributed by atoms with van der Waals surface area (Å²) in [6, 6.07) is 1.06. The number of quaternary nitrogens is 1. The standard InChI is InChI=1S/C29H50N/c1-3-4-11-24(29-15-13-27-18-26(29)21-30(27,29)2)12-9-7-5-6-8-10-14-28-19-22-16-25(28)17-23(22)20-28/h22-27H,3-21H2,1-2H3/q+1. The van der Waals surface area contributed by atoms with Gasteiger partial charge in [0.05, 0.1) is 25.6 Å². The molecule has 4 aliphatic carbocycles. The Hall–Kier alpha value is -0.0400. The van der Waals surface area contributed by atoms with Crippen LogP contribution in [0.25, 0.3) is 0 Å². The molecule has 8 rings (SSSR count). The van der Waals surface area contributed by atoms with Gasteiger partial charge >= 0.3 is 0 Å². The highest BCUT2D eigenvalue weighted by Crippen LogP contribution is 2.71. The second kappa shape index (κ2) is 7.50. The summed E-state index contributed by atoms with van der Waals surface area (Å²) in [7, 11) is 2.65. The van der Waals surface area contributed by atoms with Crippen molar-refractivity contribution < 1.29 is 4.48 Å². The van der Waals surface area contributed by atoms with E-state index in [9.17, 15) is 0 Å². The summed E-state index contributed by atoms with van der Waals surface area (Å²) >= 11 is 0. The van der Waals surface area contributed by atoms with Gasteiger partial charge in [-0.05, 0) is 68.1 Å². The molecule has 4 heterocycles. The van der Waals surface area contributed by atoms with Crippen LogP contribution < -0.4 is 0 Å². The third-order valence-corrected chi connectivity index (χ3v) is 12.6. The molecule has 30 heavy (non-hydrogen) atoms. The molecule has 4 aliphatic heterocycles. The lowest BCUT2D eigenvalue weighted by atomic mass is 9.62. The third-order valence-electron chi connectivity index (χ3n) is 12.6. The maximum atomic E-state index is 2.65. The summed E-state index contributed by atoms with van der Waals surface area (Å²) < 4.78 is 1.51. The number of unbranched alkanes of at least 4 members (excludes halogenated alkanes) is 6. The largest absolute Gasteiger partial charge is 0.318 e. The minimum absolute atomic E-state index is 0.750. The summed E-state index contributed by atoms with van der Waals surface area (Å²) in [5.41, 5.74) is 1.62. The molecule has 0 aromatic rings. The highest BCUT2D eigenvalue weighted by Gasteiger charge is 2.78. The third kappa shape index (κ3) is 2.75. The molecule has 170 valence electrons. The highest BCUT2D eigenvalue weighted by molar-refractivity contribution is 5.13. The Morgan fingerprint density at radius 2 is 1.53 bits per heavy atom. The van der Waals surface area contributed by atoms with E-state index >= 15 is 0 Å². The summed E-state index contributed by atoms with van der Waals surface area (Å²) in [6.07, 6.45) is 28.0. The normalized spacial score (nSPS) is 50.0. The van der Waals surface area contributed by atoms with Crippen molar-refractivity contribution in [2.75, 3.05) is 13.6 Å². The van der Waals surface area contributed by atoms with Gasteiger partial charge in [-0.25, -0.2) is 0 Å². The van der Waals surface area contributed by atoms with Gasteiger partial charge < -0.3 is 4.48 Å². The summed E-state index contributed by atoms with van der Waals surface area (Å²) in [6.45, 7) is 3.94. The monoisotopic (exact) mass is 412 g/mol. The van der Waals surface area contributed by atoms with Crippen LogP contribution in [0.5, 0.6) is 0 Å². The molecule has 0 aromatic heterocycles. The van der Waals surface area contributed by atoms with Crippen LogP contribution in [0, 0.1) is 35.0 Å². The number of rotatable bonds is 13. The van der Waals surface area contributed by atoms with Crippen LogP contribution >= 0.6 is 0 Å². The molecule has 0 aromatic carbocycles. The lowest BCUT2D eigenvalue weighted by Crippen LogP contribution is -2.73. The van der Waals surface area contributed by atoms with E-state index in [-0.39, 0.29) is 0 Å². The Bertz CT molecular complexity index is 624. The van der Waals surface area contributed by atoms with Gasteiger partial charge in [0.25, 0.3) is 0 Å². The number of nitrogens with zero attached hydrogens (tertiary/aromatic N) is 1. The van der Waals surface area contributed by atoms with Crippen LogP contribution in [0.3, 0.4) is 0 Å². The fourth-order valence-electron chi connectivity index (χ4n) is 11.4. The van der Waals surface area contributed by atoms with E-state index in [0.29, 0.717) is 0 Å². The predicted octanol–water partition coefficient (Wildman–Crippen LogP) is 7.73. The average Bonchev–Trinajstić information content (AvgIpc) is 3.55. The van der Waals surface area contributed by atoms with Crippen molar-refractivity contribution in [3.05, 3.63) is 0 Å². The van der Waals surface area contributed by atoms with Crippen molar-refractivity contribution in [1.29, 1.82) is 0 Å². The van der Waals surface area contributed by atoms with Crippen LogP contribution in [0.1, 0.15) is 122 Å². The van der Waals surface area contributed by atoms with Crippen molar-refractivity contribution in [1.82, 2.24) is 0 Å². The van der Waals surface area contributed by atoms with Crippen LogP contribution in [-0.2, 0) is 0 Å². The highest BCUT2D eigenvalue weighted by atomic mass is 15.5. The summed E-state index contributed by atoms with van der Waals surface area (Å²) in [5, 5.41) is 0. The molecule has 4 saturated carbocycles. The van der Waals surface area contributed by atoms with E-state index in [2.05, 4.69) is 14.0 Å². The second-order valence-corrected chi connectivity index (χ2v) is 13.5. The van der Waals surface area contributed by atoms with Gasteiger partial charge in [0.1, 0.15) is 5.54 Å². The Morgan fingerprint density at radius 3 is 2.13 bits per heavy atom. The van der Waals surface area contributed by atoms with Gasteiger partial charge in [-0.2, -0.15) is 0 Å². The van der Waals surface area contributed by atoms with Crippen LogP contribution in [0.4, 0.5) is 0 Å². The van der Waals surface area contributed by atoms with E-state index in [4.69, 9.17) is 0 Å². The van der Waals surface area contributed by atoms with Crippen LogP contribution in [0.2, 0.25) is 0 Å². The van der Waals surface area contributed by atoms with Gasteiger partial charge in [-0.15, -0.1) is 0 Å². The van der Waals surface area contributed by atoms with Crippen molar-refractivity contribution in [2.24, 2.45) is 35.0 Å². The topological polar surface area (TPSA) is 0 Å². The Morgan fingerprint density at radius 1 is 0.833 bits per heavy atom. The maximum Gasteiger partial charge on any atom is 0.111 e. The molecular formula is C29H50N+. The van der Waals surface area contributed by atoms with Crippen molar-refractivity contribution in [2.45, 2.75) is 134 Å².